The van der Waals surface area contributed by atoms with E-state index in [1.807, 2.05) is 6.92 Å². The van der Waals surface area contributed by atoms with Crippen LogP contribution in [0, 0.1) is 11.8 Å². The Hall–Kier alpha value is -0.420. The fourth-order valence-electron chi connectivity index (χ4n) is 2.42. The summed E-state index contributed by atoms with van der Waals surface area (Å²) in [6, 6.07) is 0. The third-order valence-electron chi connectivity index (χ3n) is 3.64. The Morgan fingerprint density at radius 3 is 2.59 bits per heavy atom. The molecule has 100 valence electrons. The molecule has 0 aromatic heterocycles. The van der Waals surface area contributed by atoms with Gasteiger partial charge in [0.1, 0.15) is 15.6 Å². The second-order valence-corrected chi connectivity index (χ2v) is 7.65. The molecular formula is C12H23NO3S. The van der Waals surface area contributed by atoms with Crippen LogP contribution >= 0.6 is 0 Å². The van der Waals surface area contributed by atoms with Gasteiger partial charge in [-0.05, 0) is 31.7 Å². The molecule has 1 aliphatic carbocycles. The molecule has 3 atom stereocenters. The molecule has 3 unspecified atom stereocenters. The van der Waals surface area contributed by atoms with Gasteiger partial charge < -0.3 is 5.73 Å². The number of hydrogen-bond donors (Lipinski definition) is 1. The second kappa shape index (κ2) is 5.96. The highest BCUT2D eigenvalue weighted by molar-refractivity contribution is 7.91. The van der Waals surface area contributed by atoms with E-state index in [1.165, 1.54) is 6.26 Å². The van der Waals surface area contributed by atoms with Gasteiger partial charge >= 0.3 is 0 Å². The van der Waals surface area contributed by atoms with Crippen molar-refractivity contribution in [2.75, 3.05) is 12.8 Å². The van der Waals surface area contributed by atoms with E-state index in [-0.39, 0.29) is 22.9 Å². The number of nitrogens with two attached hydrogens (primary N) is 1. The van der Waals surface area contributed by atoms with Crippen LogP contribution in [0.15, 0.2) is 0 Å². The number of carbonyl (C=O) groups excluding carboxylic acids is 1. The molecule has 1 saturated carbocycles. The van der Waals surface area contributed by atoms with Gasteiger partial charge in [-0.3, -0.25) is 4.79 Å². The summed E-state index contributed by atoms with van der Waals surface area (Å²) in [5, 5.41) is -0.321. The number of ketones is 1. The summed E-state index contributed by atoms with van der Waals surface area (Å²) in [5.41, 5.74) is 5.50. The van der Waals surface area contributed by atoms with Crippen molar-refractivity contribution in [3.05, 3.63) is 0 Å². The first kappa shape index (κ1) is 14.6. The molecule has 1 rings (SSSR count). The third-order valence-corrected chi connectivity index (χ3v) is 5.28. The van der Waals surface area contributed by atoms with Crippen molar-refractivity contribution in [3.63, 3.8) is 0 Å². The van der Waals surface area contributed by atoms with Crippen LogP contribution in [0.2, 0.25) is 0 Å². The van der Waals surface area contributed by atoms with Gasteiger partial charge in [0.15, 0.2) is 0 Å². The number of carbonyl (C=O) groups is 1. The lowest BCUT2D eigenvalue weighted by Gasteiger charge is -2.27. The van der Waals surface area contributed by atoms with E-state index in [1.54, 1.807) is 0 Å². The first-order chi connectivity index (χ1) is 7.84. The van der Waals surface area contributed by atoms with Crippen LogP contribution in [-0.2, 0) is 14.6 Å². The van der Waals surface area contributed by atoms with Crippen LogP contribution < -0.4 is 5.73 Å². The molecule has 0 bridgehead atoms. The largest absolute Gasteiger partial charge is 0.330 e. The molecule has 0 spiro atoms. The zero-order valence-electron chi connectivity index (χ0n) is 10.7. The molecule has 0 heterocycles. The minimum absolute atomic E-state index is 0.0718. The average Bonchev–Trinajstić information content (AvgIpc) is 2.28. The molecule has 4 nitrogen and oxygen atoms in total. The Bertz CT molecular complexity index is 364. The molecular weight excluding hydrogens is 238 g/mol. The number of Topliss-reactive ketones (excluding diaryl/α,β-unsaturated/α-hetero) is 1. The first-order valence-electron chi connectivity index (χ1n) is 6.26. The van der Waals surface area contributed by atoms with Gasteiger partial charge in [0, 0.05) is 18.6 Å². The van der Waals surface area contributed by atoms with Crippen LogP contribution in [-0.4, -0.2) is 32.3 Å². The number of sulfone groups is 1. The van der Waals surface area contributed by atoms with Crippen molar-refractivity contribution in [1.29, 1.82) is 0 Å². The van der Waals surface area contributed by atoms with Gasteiger partial charge in [-0.2, -0.15) is 0 Å². The number of rotatable bonds is 5. The predicted octanol–water partition coefficient (Wildman–Crippen LogP) is 1.14. The lowest BCUT2D eigenvalue weighted by atomic mass is 9.83. The van der Waals surface area contributed by atoms with Crippen molar-refractivity contribution in [2.45, 2.75) is 44.3 Å². The highest BCUT2D eigenvalue weighted by Crippen LogP contribution is 2.30. The summed E-state index contributed by atoms with van der Waals surface area (Å²) in [4.78, 5) is 12.0. The highest BCUT2D eigenvalue weighted by atomic mass is 32.2. The maximum absolute atomic E-state index is 12.0. The average molecular weight is 261 g/mol. The van der Waals surface area contributed by atoms with Crippen molar-refractivity contribution in [3.8, 4) is 0 Å². The van der Waals surface area contributed by atoms with E-state index in [9.17, 15) is 13.2 Å². The molecule has 0 saturated heterocycles. The topological polar surface area (TPSA) is 77.2 Å². The summed E-state index contributed by atoms with van der Waals surface area (Å²) in [5.74, 6) is 0.315. The SMILES string of the molecule is CC(CN)CC(=O)C1CCCC(S(C)(=O)=O)C1. The minimum atomic E-state index is -3.00. The van der Waals surface area contributed by atoms with Gasteiger partial charge in [0.2, 0.25) is 0 Å². The predicted molar refractivity (Wildman–Crippen MR) is 68.4 cm³/mol. The molecule has 1 aliphatic rings. The Morgan fingerprint density at radius 1 is 1.41 bits per heavy atom. The van der Waals surface area contributed by atoms with Crippen molar-refractivity contribution >= 4 is 15.6 Å². The number of hydrogen-bond acceptors (Lipinski definition) is 4. The minimum Gasteiger partial charge on any atom is -0.330 e. The van der Waals surface area contributed by atoms with Crippen LogP contribution in [0.25, 0.3) is 0 Å². The summed E-state index contributed by atoms with van der Waals surface area (Å²) >= 11 is 0. The molecule has 0 radical (unpaired) electrons. The van der Waals surface area contributed by atoms with Gasteiger partial charge in [0.05, 0.1) is 5.25 Å². The van der Waals surface area contributed by atoms with Crippen molar-refractivity contribution < 1.29 is 13.2 Å². The van der Waals surface area contributed by atoms with E-state index in [0.29, 0.717) is 25.8 Å². The fourth-order valence-corrected chi connectivity index (χ4v) is 3.60. The Morgan fingerprint density at radius 2 is 2.06 bits per heavy atom. The van der Waals surface area contributed by atoms with Gasteiger partial charge in [0.25, 0.3) is 0 Å². The summed E-state index contributed by atoms with van der Waals surface area (Å²) < 4.78 is 23.0. The van der Waals surface area contributed by atoms with E-state index >= 15 is 0 Å². The molecule has 0 aliphatic heterocycles. The van der Waals surface area contributed by atoms with Crippen LogP contribution in [0.4, 0.5) is 0 Å². The van der Waals surface area contributed by atoms with E-state index in [2.05, 4.69) is 0 Å². The molecule has 0 amide bonds. The summed E-state index contributed by atoms with van der Waals surface area (Å²) in [6.45, 7) is 2.46. The maximum atomic E-state index is 12.0. The monoisotopic (exact) mass is 261 g/mol. The molecule has 0 aromatic carbocycles. The van der Waals surface area contributed by atoms with Gasteiger partial charge in [-0.1, -0.05) is 13.3 Å². The molecule has 2 N–H and O–H groups in total. The lowest BCUT2D eigenvalue weighted by Crippen LogP contribution is -2.32. The second-order valence-electron chi connectivity index (χ2n) is 5.33. The standard InChI is InChI=1S/C12H23NO3S/c1-9(8-13)6-12(14)10-4-3-5-11(7-10)17(2,15)16/h9-11H,3-8,13H2,1-2H3. The molecule has 17 heavy (non-hydrogen) atoms. The molecule has 0 aromatic rings. The molecule has 5 heteroatoms. The quantitative estimate of drug-likeness (QED) is 0.805. The fraction of sp³-hybridized carbons (Fsp3) is 0.917. The van der Waals surface area contributed by atoms with Crippen molar-refractivity contribution in [1.82, 2.24) is 0 Å². The van der Waals surface area contributed by atoms with E-state index in [4.69, 9.17) is 5.73 Å². The lowest BCUT2D eigenvalue weighted by molar-refractivity contribution is -0.124. The van der Waals surface area contributed by atoms with E-state index in [0.717, 1.165) is 12.8 Å². The third kappa shape index (κ3) is 4.39. The molecule has 1 fully saturated rings. The van der Waals surface area contributed by atoms with E-state index < -0.39 is 9.84 Å². The zero-order chi connectivity index (χ0) is 13.1. The zero-order valence-corrected chi connectivity index (χ0v) is 11.5. The van der Waals surface area contributed by atoms with Crippen LogP contribution in [0.5, 0.6) is 0 Å². The Kier molecular flexibility index (Phi) is 5.13. The maximum Gasteiger partial charge on any atom is 0.150 e. The first-order valence-corrected chi connectivity index (χ1v) is 8.21. The smallest absolute Gasteiger partial charge is 0.150 e. The Labute approximate surface area is 104 Å². The van der Waals surface area contributed by atoms with Crippen LogP contribution in [0.3, 0.4) is 0 Å². The summed E-state index contributed by atoms with van der Waals surface area (Å²) in [6.07, 6.45) is 4.64. The van der Waals surface area contributed by atoms with Crippen molar-refractivity contribution in [2.24, 2.45) is 17.6 Å². The van der Waals surface area contributed by atoms with Gasteiger partial charge in [-0.15, -0.1) is 0 Å². The summed E-state index contributed by atoms with van der Waals surface area (Å²) in [7, 11) is -3.00. The van der Waals surface area contributed by atoms with Crippen LogP contribution in [0.1, 0.15) is 39.0 Å². The normalized spacial score (nSPS) is 27.7. The highest BCUT2D eigenvalue weighted by Gasteiger charge is 2.32. The van der Waals surface area contributed by atoms with Gasteiger partial charge in [-0.25, -0.2) is 8.42 Å². The Balaban J connectivity index is 2.58.